The van der Waals surface area contributed by atoms with Crippen LogP contribution in [0.4, 0.5) is 11.4 Å². The Hall–Kier alpha value is -6.01. The van der Waals surface area contributed by atoms with Gasteiger partial charge in [0.25, 0.3) is 7.82 Å². The molecule has 0 aromatic heterocycles. The molecule has 7 aliphatic heterocycles. The number of phosphoric ester groups is 1. The van der Waals surface area contributed by atoms with E-state index in [0.29, 0.717) is 39.6 Å². The number of nitrogens with zero attached hydrogens (tertiary/aromatic N) is 6. The molecule has 0 saturated carbocycles. The summed E-state index contributed by atoms with van der Waals surface area (Å²) in [6.45, 7) is 13.5. The number of carbonyl (C=O) groups excluding carboxylic acids is 7. The molecule has 0 spiro atoms. The fraction of sp³-hybridized carbons (Fsp3) is 0.678. The number of rotatable bonds is 25. The van der Waals surface area contributed by atoms with Gasteiger partial charge in [0.1, 0.15) is 24.1 Å². The summed E-state index contributed by atoms with van der Waals surface area (Å²) in [5.41, 5.74) is 35.4. The summed E-state index contributed by atoms with van der Waals surface area (Å²) in [6.07, 6.45) is -5.92. The number of hydrogen-bond acceptors (Lipinski definition) is 16. The average molecular weight is 1310 g/mol. The number of benzene rings is 1. The summed E-state index contributed by atoms with van der Waals surface area (Å²) in [4.78, 5) is 108. The Bertz CT molecular complexity index is 3080. The molecule has 8 bridgehead atoms. The quantitative estimate of drug-likeness (QED) is 0.0629. The van der Waals surface area contributed by atoms with Crippen molar-refractivity contribution in [3.63, 3.8) is 0 Å². The second-order valence-electron chi connectivity index (χ2n) is 26.5. The van der Waals surface area contributed by atoms with Gasteiger partial charge in [0.2, 0.25) is 41.4 Å². The van der Waals surface area contributed by atoms with Crippen LogP contribution in [0.1, 0.15) is 126 Å². The Morgan fingerprint density at radius 1 is 0.809 bits per heavy atom. The van der Waals surface area contributed by atoms with E-state index in [-0.39, 0.29) is 106 Å². The van der Waals surface area contributed by atoms with Crippen LogP contribution >= 0.6 is 7.82 Å². The van der Waals surface area contributed by atoms with Gasteiger partial charge in [-0.15, -0.1) is 41.0 Å². The minimum absolute atomic E-state index is 0. The molecule has 16 N–H and O–H groups in total. The van der Waals surface area contributed by atoms with E-state index < -0.39 is 162 Å². The molecular formula is C59H86CoN13O15P-6. The first-order chi connectivity index (χ1) is 41.0. The maximum Gasteiger partial charge on any atom is 0.268 e. The number of amides is 7. The van der Waals surface area contributed by atoms with E-state index in [2.05, 4.69) is 10.6 Å². The molecule has 1 aromatic rings. The molecule has 1 aromatic carbocycles. The van der Waals surface area contributed by atoms with Crippen molar-refractivity contribution < 1.29 is 88.9 Å². The van der Waals surface area contributed by atoms with E-state index in [0.717, 1.165) is 0 Å². The molecule has 1 radical (unpaired) electrons. The Kier molecular flexibility index (Phi) is 21.4. The molecule has 0 aliphatic carbocycles. The van der Waals surface area contributed by atoms with Crippen LogP contribution in [-0.4, -0.2) is 137 Å². The third-order valence-corrected chi connectivity index (χ3v) is 21.1. The number of phenolic OH excluding ortho intramolecular Hbond substituents is 1. The van der Waals surface area contributed by atoms with Crippen LogP contribution in [0.3, 0.4) is 0 Å². The molecular weight excluding hydrogens is 1220 g/mol. The number of phosphoric acid groups is 1. The zero-order chi connectivity index (χ0) is 64.9. The Morgan fingerprint density at radius 2 is 1.42 bits per heavy atom. The van der Waals surface area contributed by atoms with Gasteiger partial charge in [-0.2, -0.15) is 17.1 Å². The van der Waals surface area contributed by atoms with Crippen molar-refractivity contribution in [2.75, 3.05) is 24.7 Å². The third kappa shape index (κ3) is 14.4. The number of primary amides is 6. The topological polar surface area (TPSA) is 490 Å². The molecule has 5 saturated heterocycles. The normalized spacial score (nSPS) is 36.6. The average Bonchev–Trinajstić information content (AvgIpc) is 1.61. The molecule has 7 amide bonds. The van der Waals surface area contributed by atoms with Gasteiger partial charge in [-0.25, -0.2) is 0 Å². The number of aliphatic hydroxyl groups is 2. The van der Waals surface area contributed by atoms with Crippen LogP contribution in [-0.2, 0) is 68.7 Å². The van der Waals surface area contributed by atoms with Crippen molar-refractivity contribution in [3.8, 4) is 5.75 Å². The number of allylic oxidation sites excluding steroid dienone is 3. The minimum Gasteiger partial charge on any atom is -0.756 e. The monoisotopic (exact) mass is 1310 g/mol. The van der Waals surface area contributed by atoms with Crippen molar-refractivity contribution in [1.29, 1.82) is 0 Å². The summed E-state index contributed by atoms with van der Waals surface area (Å²) < 4.78 is 30.0. The largest absolute Gasteiger partial charge is 0.756 e. The molecule has 8 rings (SSSR count). The van der Waals surface area contributed by atoms with E-state index in [1.165, 1.54) is 24.0 Å². The zero-order valence-corrected chi connectivity index (χ0v) is 53.4. The van der Waals surface area contributed by atoms with Gasteiger partial charge in [0.05, 0.1) is 12.7 Å². The molecule has 89 heavy (non-hydrogen) atoms. The van der Waals surface area contributed by atoms with Gasteiger partial charge >= 0.3 is 0 Å². The molecule has 5 fully saturated rings. The Balaban J connectivity index is 0.0000113. The van der Waals surface area contributed by atoms with Crippen LogP contribution in [0.5, 0.6) is 5.75 Å². The molecule has 18 atom stereocenters. The molecule has 14 unspecified atom stereocenters. The van der Waals surface area contributed by atoms with Crippen LogP contribution in [0.2, 0.25) is 0 Å². The summed E-state index contributed by atoms with van der Waals surface area (Å²) in [5.74, 6) is -7.07. The number of nitrogens with two attached hydrogens (primary N) is 6. The van der Waals surface area contributed by atoms with Gasteiger partial charge in [0, 0.05) is 80.0 Å². The molecule has 7 heterocycles. The van der Waals surface area contributed by atoms with E-state index in [1.807, 2.05) is 54.5 Å². The number of fused-ring (bicyclic) bond motifs is 9. The predicted octanol–water partition coefficient (Wildman–Crippen LogP) is 3.18. The molecule has 497 valence electrons. The van der Waals surface area contributed by atoms with E-state index in [9.17, 15) is 58.3 Å². The summed E-state index contributed by atoms with van der Waals surface area (Å²) in [5, 5.41) is 60.6. The number of hydrogen-bond donors (Lipinski definition) is 10. The molecule has 7 aliphatic rings. The van der Waals surface area contributed by atoms with Crippen LogP contribution in [0.15, 0.2) is 52.5 Å². The Morgan fingerprint density at radius 3 is 2.02 bits per heavy atom. The van der Waals surface area contributed by atoms with E-state index >= 15 is 0 Å². The number of carbonyl (C=O) groups is 7. The van der Waals surface area contributed by atoms with Crippen LogP contribution in [0.25, 0.3) is 26.6 Å². The smallest absolute Gasteiger partial charge is 0.268 e. The van der Waals surface area contributed by atoms with Crippen molar-refractivity contribution in [3.05, 3.63) is 79.1 Å². The van der Waals surface area contributed by atoms with Gasteiger partial charge in [0.15, 0.2) is 6.23 Å². The van der Waals surface area contributed by atoms with Crippen LogP contribution in [0, 0.1) is 45.3 Å². The predicted molar refractivity (Wildman–Crippen MR) is 320 cm³/mol. The Labute approximate surface area is 528 Å². The standard InChI is InChI=1S/C59H87N13O15P.Co/c1-27(86-88(83,84)87-52-39(25-73)85-55(51(52)82)72-26-67-35-12-9-30(74)17-38(35)72)24-66-48(81)15-16-57(6)33(18-44(62)77)37-21-41-58(7,22-46(64)79)32(11-14-43(61)76)50(71-41)29(3)54-59(8,23-47(65)80)34(19-45(63)78)36(69-54)20-40-56(4,5)31(10-13-42(60)75)49(70-40)28(2)53(57)68-37;/h9,12,17,20,27,31-34,37,39-41,51-55,73-74,82H,10-11,13-16,18-19,21-26H2,1-8H3,(H2,60,75)(H2,61,76)(H2,62,77)(H2,63,78)(H2,64,79)(H2,65,80)(H,66,81)(H,83,84);/q-5;/p-1/b36-20-,49-28-,50-29-;/t27?,31?,32?,33?,34?,37?,39-,40?,41?,51-,52-,53?,54?,55+,57?,58?,59?;/m1./s1. The van der Waals surface area contributed by atoms with Gasteiger partial charge in [-0.3, -0.25) is 38.1 Å². The van der Waals surface area contributed by atoms with Gasteiger partial charge < -0.3 is 105 Å². The number of nitrogens with one attached hydrogen (secondary N) is 1. The maximum absolute atomic E-state index is 14.2. The number of ether oxygens (including phenoxy) is 1. The fourth-order valence-electron chi connectivity index (χ4n) is 15.5. The minimum atomic E-state index is -5.32. The first kappa shape index (κ1) is 70.4. The molecule has 28 nitrogen and oxygen atoms in total. The summed E-state index contributed by atoms with van der Waals surface area (Å²) in [7, 11) is -5.32. The fourth-order valence-corrected chi connectivity index (χ4v) is 16.6. The zero-order valence-electron chi connectivity index (χ0n) is 51.5. The first-order valence-electron chi connectivity index (χ1n) is 29.9. The maximum atomic E-state index is 14.2. The van der Waals surface area contributed by atoms with Crippen molar-refractivity contribution in [2.45, 2.75) is 187 Å². The number of aliphatic hydroxyl groups excluding tert-OH is 2. The SMILES string of the molecule is C/C1=C2/[N-]C(CC3[N-]C(/C(C)=C4\[N-]C(/C=C5\[N-]C1C(C)(CC(N)=O)C5CC(N)=O)C(C)(C)C4CCC(N)=O)C(C)(CCC(=O)NCC(C)OP(=O)([O-])O[C@H]1[C@@H](O)[C@@H](N4C[N-]c5ccc(O)cc54)O[C@@H]1CO)C3CC(N)=O)C(C)(CC(N)=O)C2CCC(N)=O.[Co]. The molecule has 30 heteroatoms. The van der Waals surface area contributed by atoms with Crippen LogP contribution < -0.4 is 49.5 Å². The first-order valence-corrected chi connectivity index (χ1v) is 31.3. The van der Waals surface area contributed by atoms with Crippen molar-refractivity contribution in [2.24, 2.45) is 79.7 Å². The summed E-state index contributed by atoms with van der Waals surface area (Å²) >= 11 is 0. The summed E-state index contributed by atoms with van der Waals surface area (Å²) in [6, 6.07) is 0.484. The number of aromatic hydroxyl groups is 1. The third-order valence-electron chi connectivity index (χ3n) is 20.0. The number of anilines is 1. The number of phenols is 1. The van der Waals surface area contributed by atoms with E-state index in [4.69, 9.17) is 69.5 Å². The second-order valence-corrected chi connectivity index (χ2v) is 27.8. The van der Waals surface area contributed by atoms with Gasteiger partial charge in [-0.05, 0) is 91.4 Å². The van der Waals surface area contributed by atoms with Crippen molar-refractivity contribution >= 4 is 60.5 Å². The second kappa shape index (κ2) is 27.1. The van der Waals surface area contributed by atoms with Gasteiger partial charge in [-0.1, -0.05) is 65.9 Å². The van der Waals surface area contributed by atoms with Crippen molar-refractivity contribution in [1.82, 2.24) is 5.32 Å². The van der Waals surface area contributed by atoms with E-state index in [1.54, 1.807) is 6.07 Å².